The van der Waals surface area contributed by atoms with Gasteiger partial charge in [-0.25, -0.2) is 0 Å². The average molecular weight is 359 g/mol. The van der Waals surface area contributed by atoms with Gasteiger partial charge >= 0.3 is 0 Å². The van der Waals surface area contributed by atoms with Gasteiger partial charge in [0.25, 0.3) is 5.91 Å². The molecule has 1 aromatic carbocycles. The maximum atomic E-state index is 12.8. The zero-order valence-corrected chi connectivity index (χ0v) is 15.6. The summed E-state index contributed by atoms with van der Waals surface area (Å²) in [5.41, 5.74) is -0.0947. The van der Waals surface area contributed by atoms with Gasteiger partial charge in [0.2, 0.25) is 5.91 Å². The number of hydrogen-bond acceptors (Lipinski definition) is 4. The Bertz CT molecular complexity index is 628. The van der Waals surface area contributed by atoms with Gasteiger partial charge in [-0.1, -0.05) is 30.3 Å². The van der Waals surface area contributed by atoms with Crippen LogP contribution in [-0.4, -0.2) is 83.0 Å². The molecule has 2 amide bonds. The molecule has 0 radical (unpaired) electrons. The summed E-state index contributed by atoms with van der Waals surface area (Å²) in [7, 11) is 0. The van der Waals surface area contributed by atoms with Crippen LogP contribution in [-0.2, 0) is 16.0 Å². The van der Waals surface area contributed by atoms with E-state index in [-0.39, 0.29) is 18.4 Å². The van der Waals surface area contributed by atoms with Gasteiger partial charge < -0.3 is 14.9 Å². The largest absolute Gasteiger partial charge is 0.378 e. The van der Waals surface area contributed by atoms with Gasteiger partial charge in [0, 0.05) is 46.2 Å². The summed E-state index contributed by atoms with van der Waals surface area (Å²) in [6.07, 6.45) is 2.11. The van der Waals surface area contributed by atoms with Gasteiger partial charge in [-0.2, -0.15) is 0 Å². The smallest absolute Gasteiger partial charge is 0.256 e. The maximum absolute atomic E-state index is 12.8. The van der Waals surface area contributed by atoms with Crippen molar-refractivity contribution in [1.29, 1.82) is 0 Å². The van der Waals surface area contributed by atoms with Crippen LogP contribution in [0, 0.1) is 0 Å². The van der Waals surface area contributed by atoms with E-state index >= 15 is 0 Å². The number of piperazine rings is 1. The molecule has 0 aromatic heterocycles. The topological polar surface area (TPSA) is 64.1 Å². The third kappa shape index (κ3) is 4.43. The van der Waals surface area contributed by atoms with Crippen molar-refractivity contribution in [3.8, 4) is 0 Å². The first-order valence-electron chi connectivity index (χ1n) is 9.51. The molecule has 26 heavy (non-hydrogen) atoms. The summed E-state index contributed by atoms with van der Waals surface area (Å²) in [6.45, 7) is 6.13. The lowest BCUT2D eigenvalue weighted by atomic mass is 9.91. The number of likely N-dealkylation sites (tertiary alicyclic amines) is 1. The summed E-state index contributed by atoms with van der Waals surface area (Å²) < 4.78 is 0. The van der Waals surface area contributed by atoms with Crippen molar-refractivity contribution in [3.05, 3.63) is 35.9 Å². The van der Waals surface area contributed by atoms with Crippen LogP contribution in [0.1, 0.15) is 25.3 Å². The maximum Gasteiger partial charge on any atom is 0.256 e. The second-order valence-electron chi connectivity index (χ2n) is 7.45. The Morgan fingerprint density at radius 1 is 1.04 bits per heavy atom. The molecule has 3 rings (SSSR count). The average Bonchev–Trinajstić information content (AvgIpc) is 2.67. The second-order valence-corrected chi connectivity index (χ2v) is 7.45. The van der Waals surface area contributed by atoms with Gasteiger partial charge in [0.15, 0.2) is 5.60 Å². The van der Waals surface area contributed by atoms with Gasteiger partial charge in [-0.15, -0.1) is 0 Å². The Hall–Kier alpha value is -1.92. The van der Waals surface area contributed by atoms with Crippen molar-refractivity contribution in [1.82, 2.24) is 14.7 Å². The van der Waals surface area contributed by atoms with E-state index in [0.717, 1.165) is 26.1 Å². The van der Waals surface area contributed by atoms with E-state index in [1.165, 1.54) is 12.5 Å². The van der Waals surface area contributed by atoms with Crippen LogP contribution < -0.4 is 0 Å². The van der Waals surface area contributed by atoms with Gasteiger partial charge in [-0.05, 0) is 24.8 Å². The highest BCUT2D eigenvalue weighted by molar-refractivity contribution is 5.86. The molecule has 2 aliphatic rings. The molecule has 0 saturated carbocycles. The van der Waals surface area contributed by atoms with Crippen molar-refractivity contribution in [2.75, 3.05) is 45.8 Å². The molecule has 1 atom stereocenters. The molecular formula is C20H29N3O3. The number of piperidine rings is 1. The minimum absolute atomic E-state index is 0.0818. The van der Waals surface area contributed by atoms with E-state index in [1.54, 1.807) is 9.80 Å². The first-order valence-corrected chi connectivity index (χ1v) is 9.51. The van der Waals surface area contributed by atoms with Gasteiger partial charge in [0.1, 0.15) is 0 Å². The Morgan fingerprint density at radius 2 is 1.73 bits per heavy atom. The van der Waals surface area contributed by atoms with E-state index < -0.39 is 5.60 Å². The molecule has 1 N–H and O–H groups in total. The molecule has 2 fully saturated rings. The fourth-order valence-corrected chi connectivity index (χ4v) is 3.88. The van der Waals surface area contributed by atoms with E-state index in [2.05, 4.69) is 29.2 Å². The zero-order chi connectivity index (χ0) is 18.6. The SMILES string of the molecule is CC(=O)N1CCC[C@](O)(C(=O)N2CCN(CCc3ccccc3)CC2)C1. The minimum atomic E-state index is -1.42. The molecule has 2 saturated heterocycles. The third-order valence-corrected chi connectivity index (χ3v) is 5.53. The number of carbonyl (C=O) groups excluding carboxylic acids is 2. The lowest BCUT2D eigenvalue weighted by molar-refractivity contribution is -0.161. The normalized spacial score (nSPS) is 24.5. The quantitative estimate of drug-likeness (QED) is 0.862. The monoisotopic (exact) mass is 359 g/mol. The van der Waals surface area contributed by atoms with Gasteiger partial charge in [-0.3, -0.25) is 14.5 Å². The first-order chi connectivity index (χ1) is 12.5. The van der Waals surface area contributed by atoms with Crippen LogP contribution in [0.25, 0.3) is 0 Å². The number of β-amino-alcohol motifs (C(OH)–C–C–N with tert-alkyl or cyclic N) is 1. The van der Waals surface area contributed by atoms with Crippen molar-refractivity contribution in [2.24, 2.45) is 0 Å². The zero-order valence-electron chi connectivity index (χ0n) is 15.6. The van der Waals surface area contributed by atoms with E-state index in [9.17, 15) is 14.7 Å². The molecule has 2 heterocycles. The van der Waals surface area contributed by atoms with Crippen molar-refractivity contribution < 1.29 is 14.7 Å². The van der Waals surface area contributed by atoms with E-state index in [0.29, 0.717) is 32.5 Å². The number of rotatable bonds is 4. The number of nitrogens with zero attached hydrogens (tertiary/aromatic N) is 3. The highest BCUT2D eigenvalue weighted by atomic mass is 16.3. The van der Waals surface area contributed by atoms with Crippen molar-refractivity contribution in [3.63, 3.8) is 0 Å². The molecule has 6 nitrogen and oxygen atoms in total. The molecule has 0 aliphatic carbocycles. The predicted molar refractivity (Wildman–Crippen MR) is 99.6 cm³/mol. The first kappa shape index (κ1) is 18.9. The number of benzene rings is 1. The molecular weight excluding hydrogens is 330 g/mol. The number of hydrogen-bond donors (Lipinski definition) is 1. The minimum Gasteiger partial charge on any atom is -0.378 e. The summed E-state index contributed by atoms with van der Waals surface area (Å²) >= 11 is 0. The Morgan fingerprint density at radius 3 is 2.38 bits per heavy atom. The van der Waals surface area contributed by atoms with E-state index in [4.69, 9.17) is 0 Å². The molecule has 0 spiro atoms. The lowest BCUT2D eigenvalue weighted by Crippen LogP contribution is -2.61. The number of amides is 2. The Kier molecular flexibility index (Phi) is 5.94. The Balaban J connectivity index is 1.49. The second kappa shape index (κ2) is 8.18. The molecule has 142 valence electrons. The van der Waals surface area contributed by atoms with Crippen molar-refractivity contribution in [2.45, 2.75) is 31.8 Å². The summed E-state index contributed by atoms with van der Waals surface area (Å²) in [5.74, 6) is -0.298. The van der Waals surface area contributed by atoms with Crippen LogP contribution >= 0.6 is 0 Å². The van der Waals surface area contributed by atoms with Crippen LogP contribution in [0.3, 0.4) is 0 Å². The summed E-state index contributed by atoms with van der Waals surface area (Å²) in [6, 6.07) is 10.4. The summed E-state index contributed by atoms with van der Waals surface area (Å²) in [5, 5.41) is 10.8. The summed E-state index contributed by atoms with van der Waals surface area (Å²) in [4.78, 5) is 30.2. The van der Waals surface area contributed by atoms with Crippen LogP contribution in [0.15, 0.2) is 30.3 Å². The lowest BCUT2D eigenvalue weighted by Gasteiger charge is -2.42. The Labute approximate surface area is 155 Å². The standard InChI is InChI=1S/C20H29N3O3/c1-17(24)23-10-5-9-20(26,16-23)19(25)22-14-12-21(13-15-22)11-8-18-6-3-2-4-7-18/h2-4,6-7,26H,5,8-16H2,1H3/t20-/m1/s1. The van der Waals surface area contributed by atoms with Crippen LogP contribution in [0.4, 0.5) is 0 Å². The van der Waals surface area contributed by atoms with E-state index in [1.807, 2.05) is 6.07 Å². The molecule has 6 heteroatoms. The molecule has 0 bridgehead atoms. The molecule has 1 aromatic rings. The predicted octanol–water partition coefficient (Wildman–Crippen LogP) is 0.747. The number of aliphatic hydroxyl groups is 1. The molecule has 2 aliphatic heterocycles. The van der Waals surface area contributed by atoms with Crippen LogP contribution in [0.5, 0.6) is 0 Å². The highest BCUT2D eigenvalue weighted by Crippen LogP contribution is 2.24. The molecule has 0 unspecified atom stereocenters. The van der Waals surface area contributed by atoms with Crippen LogP contribution in [0.2, 0.25) is 0 Å². The number of carbonyl (C=O) groups is 2. The van der Waals surface area contributed by atoms with Crippen molar-refractivity contribution >= 4 is 11.8 Å². The highest BCUT2D eigenvalue weighted by Gasteiger charge is 2.43. The third-order valence-electron chi connectivity index (χ3n) is 5.53. The fraction of sp³-hybridized carbons (Fsp3) is 0.600. The fourth-order valence-electron chi connectivity index (χ4n) is 3.88. The van der Waals surface area contributed by atoms with Gasteiger partial charge in [0.05, 0.1) is 6.54 Å².